The van der Waals surface area contributed by atoms with Crippen molar-refractivity contribution in [1.29, 1.82) is 0 Å². The summed E-state index contributed by atoms with van der Waals surface area (Å²) >= 11 is 0. The zero-order valence-corrected chi connectivity index (χ0v) is 29.5. The van der Waals surface area contributed by atoms with Gasteiger partial charge in [0.1, 0.15) is 19.0 Å². The Kier molecular flexibility index (Phi) is 11.1. The highest BCUT2D eigenvalue weighted by atomic mass is 16.5. The smallest absolute Gasteiger partial charge is 0.337 e. The van der Waals surface area contributed by atoms with E-state index >= 15 is 0 Å². The molecule has 1 N–H and O–H groups in total. The average Bonchev–Trinajstić information content (AvgIpc) is 3.59. The molecule has 0 bridgehead atoms. The lowest BCUT2D eigenvalue weighted by molar-refractivity contribution is -0.141. The van der Waals surface area contributed by atoms with E-state index in [9.17, 15) is 9.59 Å². The Labute approximate surface area is 299 Å². The van der Waals surface area contributed by atoms with Crippen molar-refractivity contribution in [2.45, 2.75) is 53.2 Å². The number of allylic oxidation sites excluding steroid dienone is 2. The number of nitrogens with one attached hydrogen (secondary N) is 1. The van der Waals surface area contributed by atoms with Crippen molar-refractivity contribution in [3.8, 4) is 22.7 Å². The molecule has 1 aromatic heterocycles. The predicted octanol–water partition coefficient (Wildman–Crippen LogP) is 8.69. The van der Waals surface area contributed by atoms with Crippen molar-refractivity contribution in [2.24, 2.45) is 5.92 Å². The van der Waals surface area contributed by atoms with E-state index in [2.05, 4.69) is 19.2 Å². The van der Waals surface area contributed by atoms with Crippen LogP contribution in [0.3, 0.4) is 0 Å². The van der Waals surface area contributed by atoms with Crippen LogP contribution in [0.15, 0.2) is 144 Å². The van der Waals surface area contributed by atoms with Gasteiger partial charge in [0.2, 0.25) is 0 Å². The molecule has 1 aliphatic rings. The Balaban J connectivity index is 1.44. The molecule has 0 atom stereocenters. The number of carbonyl (C=O) groups excluding carboxylic acids is 2. The number of ether oxygens (including phenoxy) is 3. The third-order valence-electron chi connectivity index (χ3n) is 8.79. The molecule has 0 saturated heterocycles. The van der Waals surface area contributed by atoms with Crippen LogP contribution in [0.25, 0.3) is 16.9 Å². The van der Waals surface area contributed by atoms with E-state index in [1.54, 1.807) is 4.68 Å². The lowest BCUT2D eigenvalue weighted by Gasteiger charge is -2.30. The zero-order chi connectivity index (χ0) is 35.7. The number of hydrogen-bond donors (Lipinski definition) is 1. The van der Waals surface area contributed by atoms with Gasteiger partial charge in [0.25, 0.3) is 0 Å². The number of dihydropyridines is 1. The largest absolute Gasteiger partial charge is 0.494 e. The van der Waals surface area contributed by atoms with Gasteiger partial charge in [-0.15, -0.1) is 0 Å². The lowest BCUT2D eigenvalue weighted by Crippen LogP contribution is -2.32. The van der Waals surface area contributed by atoms with Gasteiger partial charge in [-0.3, -0.25) is 0 Å². The maximum atomic E-state index is 14.2. The van der Waals surface area contributed by atoms with Gasteiger partial charge in [-0.2, -0.15) is 5.10 Å². The third-order valence-corrected chi connectivity index (χ3v) is 8.79. The van der Waals surface area contributed by atoms with Gasteiger partial charge in [-0.25, -0.2) is 14.3 Å². The summed E-state index contributed by atoms with van der Waals surface area (Å²) in [5, 5.41) is 8.36. The third kappa shape index (κ3) is 8.47. The van der Waals surface area contributed by atoms with Crippen LogP contribution in [0.5, 0.6) is 5.75 Å². The fourth-order valence-corrected chi connectivity index (χ4v) is 6.11. The van der Waals surface area contributed by atoms with Gasteiger partial charge in [0.15, 0.2) is 0 Å². The lowest BCUT2D eigenvalue weighted by atomic mass is 9.79. The minimum Gasteiger partial charge on any atom is -0.494 e. The average molecular weight is 682 g/mol. The fourth-order valence-electron chi connectivity index (χ4n) is 6.11. The van der Waals surface area contributed by atoms with Crippen LogP contribution in [0.4, 0.5) is 0 Å². The van der Waals surface area contributed by atoms with Gasteiger partial charge in [-0.05, 0) is 73.7 Å². The van der Waals surface area contributed by atoms with Crippen molar-refractivity contribution in [2.75, 3.05) is 6.61 Å². The number of benzene rings is 4. The molecule has 0 spiro atoms. The van der Waals surface area contributed by atoms with E-state index in [0.717, 1.165) is 34.5 Å². The normalized spacial score (nSPS) is 13.3. The van der Waals surface area contributed by atoms with Crippen molar-refractivity contribution in [3.63, 3.8) is 0 Å². The highest BCUT2D eigenvalue weighted by molar-refractivity contribution is 6.00. The summed E-state index contributed by atoms with van der Waals surface area (Å²) in [5.41, 5.74) is 6.40. The van der Waals surface area contributed by atoms with Gasteiger partial charge < -0.3 is 19.5 Å². The Bertz CT molecular complexity index is 1940. The fraction of sp³-hybridized carbons (Fsp3) is 0.233. The molecule has 6 rings (SSSR count). The van der Waals surface area contributed by atoms with Crippen LogP contribution in [0.2, 0.25) is 0 Å². The first-order valence-electron chi connectivity index (χ1n) is 17.3. The van der Waals surface area contributed by atoms with Crippen LogP contribution in [0, 0.1) is 5.92 Å². The number of para-hydroxylation sites is 1. The number of carbonyl (C=O) groups is 2. The second-order valence-corrected chi connectivity index (χ2v) is 13.0. The maximum Gasteiger partial charge on any atom is 0.337 e. The second-order valence-electron chi connectivity index (χ2n) is 13.0. The molecule has 51 heavy (non-hydrogen) atoms. The van der Waals surface area contributed by atoms with Gasteiger partial charge in [0, 0.05) is 28.7 Å². The molecule has 0 saturated carbocycles. The molecule has 0 aliphatic carbocycles. The minimum atomic E-state index is -0.854. The Morgan fingerprint density at radius 3 is 1.75 bits per heavy atom. The van der Waals surface area contributed by atoms with Crippen LogP contribution in [0.1, 0.15) is 56.7 Å². The number of esters is 2. The minimum absolute atomic E-state index is 0.0774. The second kappa shape index (κ2) is 16.2. The summed E-state index contributed by atoms with van der Waals surface area (Å²) in [5.74, 6) is -0.641. The molecule has 8 heteroatoms. The van der Waals surface area contributed by atoms with E-state index in [-0.39, 0.29) is 13.2 Å². The molecule has 1 aliphatic heterocycles. The van der Waals surface area contributed by atoms with E-state index in [0.29, 0.717) is 46.3 Å². The first-order valence-corrected chi connectivity index (χ1v) is 17.3. The highest BCUT2D eigenvalue weighted by Gasteiger charge is 2.40. The first-order chi connectivity index (χ1) is 24.8. The highest BCUT2D eigenvalue weighted by Crippen LogP contribution is 2.43. The predicted molar refractivity (Wildman–Crippen MR) is 198 cm³/mol. The Morgan fingerprint density at radius 2 is 1.24 bits per heavy atom. The molecule has 260 valence electrons. The van der Waals surface area contributed by atoms with E-state index in [4.69, 9.17) is 19.3 Å². The maximum absolute atomic E-state index is 14.2. The van der Waals surface area contributed by atoms with E-state index in [1.807, 2.05) is 135 Å². The first kappa shape index (κ1) is 35.0. The summed E-state index contributed by atoms with van der Waals surface area (Å²) in [6.45, 7) is 8.76. The van der Waals surface area contributed by atoms with Crippen LogP contribution in [-0.2, 0) is 32.3 Å². The number of nitrogens with zero attached hydrogens (tertiary/aromatic N) is 2. The summed E-state index contributed by atoms with van der Waals surface area (Å²) in [4.78, 5) is 28.4. The Hall–Kier alpha value is -5.89. The molecule has 0 amide bonds. The zero-order valence-electron chi connectivity index (χ0n) is 29.5. The molecule has 0 unspecified atom stereocenters. The van der Waals surface area contributed by atoms with E-state index < -0.39 is 17.9 Å². The summed E-state index contributed by atoms with van der Waals surface area (Å²) < 4.78 is 19.7. The SMILES string of the molecule is CC1=C(C(=O)OCc2ccccc2)C(c2cn(-c3ccccc3)nc2-c2ccc(OCCC(C)C)cc2)C(C(=O)OCc2ccccc2)=C(C)N1. The standard InChI is InChI=1S/C43H43N3O5/c1-29(2)24-25-49-36-22-20-34(21-23-36)41-37(26-46(45-41)35-18-12-7-13-19-35)40-38(42(47)50-27-32-14-8-5-9-15-32)30(3)44-31(4)39(40)43(48)51-28-33-16-10-6-11-17-33/h5-23,26,29,40,44H,24-25,27-28H2,1-4H3. The van der Waals surface area contributed by atoms with Crippen molar-refractivity contribution in [1.82, 2.24) is 15.1 Å². The Morgan fingerprint density at radius 1 is 0.725 bits per heavy atom. The van der Waals surface area contributed by atoms with Crippen molar-refractivity contribution >= 4 is 11.9 Å². The molecule has 8 nitrogen and oxygen atoms in total. The molecule has 0 fully saturated rings. The molecular formula is C43H43N3O5. The topological polar surface area (TPSA) is 91.7 Å². The number of hydrogen-bond acceptors (Lipinski definition) is 7. The van der Waals surface area contributed by atoms with Crippen LogP contribution in [-0.4, -0.2) is 28.3 Å². The molecular weight excluding hydrogens is 638 g/mol. The van der Waals surface area contributed by atoms with Gasteiger partial charge >= 0.3 is 11.9 Å². The van der Waals surface area contributed by atoms with Gasteiger partial charge in [-0.1, -0.05) is 92.7 Å². The quantitative estimate of drug-likeness (QED) is 0.124. The number of rotatable bonds is 13. The van der Waals surface area contributed by atoms with Crippen LogP contribution < -0.4 is 10.1 Å². The van der Waals surface area contributed by atoms with Crippen molar-refractivity contribution < 1.29 is 23.8 Å². The molecule has 0 radical (unpaired) electrons. The van der Waals surface area contributed by atoms with Crippen LogP contribution >= 0.6 is 0 Å². The molecule has 5 aromatic rings. The summed E-state index contributed by atoms with van der Waals surface area (Å²) in [6, 6.07) is 36.5. The van der Waals surface area contributed by atoms with E-state index in [1.165, 1.54) is 0 Å². The van der Waals surface area contributed by atoms with Gasteiger partial charge in [0.05, 0.1) is 35.1 Å². The number of aromatic nitrogens is 2. The molecule has 4 aromatic carbocycles. The van der Waals surface area contributed by atoms with Crippen molar-refractivity contribution in [3.05, 3.63) is 161 Å². The summed E-state index contributed by atoms with van der Waals surface area (Å²) in [6.07, 6.45) is 2.84. The summed E-state index contributed by atoms with van der Waals surface area (Å²) in [7, 11) is 0. The molecule has 2 heterocycles. The monoisotopic (exact) mass is 681 g/mol.